The van der Waals surface area contributed by atoms with Crippen molar-refractivity contribution < 1.29 is 14.3 Å². The molecule has 0 radical (unpaired) electrons. The van der Waals surface area contributed by atoms with E-state index < -0.39 is 0 Å². The van der Waals surface area contributed by atoms with Crippen molar-refractivity contribution in [1.82, 2.24) is 5.32 Å². The summed E-state index contributed by atoms with van der Waals surface area (Å²) in [6.07, 6.45) is 0.353. The minimum atomic E-state index is -0.112. The molecular weight excluding hydrogens is 268 g/mol. The predicted octanol–water partition coefficient (Wildman–Crippen LogP) is 1.96. The zero-order valence-corrected chi connectivity index (χ0v) is 12.8. The lowest BCUT2D eigenvalue weighted by atomic mass is 10.2. The van der Waals surface area contributed by atoms with Gasteiger partial charge in [-0.3, -0.25) is 9.59 Å². The van der Waals surface area contributed by atoms with Crippen molar-refractivity contribution in [3.8, 4) is 5.75 Å². The molecule has 2 amide bonds. The Kier molecular flexibility index (Phi) is 4.83. The van der Waals surface area contributed by atoms with E-state index in [-0.39, 0.29) is 23.8 Å². The van der Waals surface area contributed by atoms with E-state index >= 15 is 0 Å². The normalized spacial score (nSPS) is 18.2. The summed E-state index contributed by atoms with van der Waals surface area (Å²) in [5, 5.41) is 2.91. The lowest BCUT2D eigenvalue weighted by molar-refractivity contribution is -0.124. The average Bonchev–Trinajstić information content (AvgIpc) is 2.80. The first-order valence-corrected chi connectivity index (χ1v) is 7.35. The largest absolute Gasteiger partial charge is 0.494 e. The van der Waals surface area contributed by atoms with Crippen molar-refractivity contribution in [1.29, 1.82) is 0 Å². The first-order valence-electron chi connectivity index (χ1n) is 7.35. The van der Waals surface area contributed by atoms with Crippen molar-refractivity contribution in [2.45, 2.75) is 33.2 Å². The Morgan fingerprint density at radius 3 is 2.62 bits per heavy atom. The number of hydrogen-bond donors (Lipinski definition) is 1. The highest BCUT2D eigenvalue weighted by Crippen LogP contribution is 2.24. The molecular formula is C16H22N2O3. The molecule has 1 heterocycles. The third kappa shape index (κ3) is 3.74. The summed E-state index contributed by atoms with van der Waals surface area (Å²) in [7, 11) is 0. The summed E-state index contributed by atoms with van der Waals surface area (Å²) < 4.78 is 5.39. The smallest absolute Gasteiger partial charge is 0.229 e. The maximum atomic E-state index is 12.1. The minimum absolute atomic E-state index is 0.0126. The van der Waals surface area contributed by atoms with Crippen LogP contribution in [0.4, 0.5) is 5.69 Å². The number of rotatable bonds is 5. The fourth-order valence-corrected chi connectivity index (χ4v) is 2.31. The van der Waals surface area contributed by atoms with Gasteiger partial charge in [0.05, 0.1) is 12.6 Å². The molecule has 1 N–H and O–H groups in total. The number of anilines is 1. The number of ether oxygens (including phenoxy) is 1. The van der Waals surface area contributed by atoms with Crippen LogP contribution in [-0.4, -0.2) is 31.0 Å². The van der Waals surface area contributed by atoms with Crippen LogP contribution in [0.1, 0.15) is 27.2 Å². The summed E-state index contributed by atoms with van der Waals surface area (Å²) >= 11 is 0. The molecule has 5 heteroatoms. The van der Waals surface area contributed by atoms with Crippen LogP contribution in [-0.2, 0) is 9.59 Å². The standard InChI is InChI=1S/C16H22N2O3/c1-4-21-14-7-5-13(6-8-14)18-10-12(9-15(18)19)17-16(20)11(2)3/h5-8,11-12H,4,9-10H2,1-3H3,(H,17,20)/t12-/m0/s1. The Morgan fingerprint density at radius 1 is 1.38 bits per heavy atom. The summed E-state index contributed by atoms with van der Waals surface area (Å²) in [6.45, 7) is 6.75. The molecule has 1 fully saturated rings. The van der Waals surface area contributed by atoms with Crippen LogP contribution in [0.2, 0.25) is 0 Å². The van der Waals surface area contributed by atoms with Gasteiger partial charge < -0.3 is 15.0 Å². The van der Waals surface area contributed by atoms with E-state index in [1.165, 1.54) is 0 Å². The second-order valence-corrected chi connectivity index (χ2v) is 5.50. The molecule has 21 heavy (non-hydrogen) atoms. The van der Waals surface area contributed by atoms with E-state index in [1.807, 2.05) is 45.0 Å². The van der Waals surface area contributed by atoms with Crippen LogP contribution in [0.15, 0.2) is 24.3 Å². The summed E-state index contributed by atoms with van der Waals surface area (Å²) in [4.78, 5) is 25.5. The van der Waals surface area contributed by atoms with E-state index in [1.54, 1.807) is 4.90 Å². The van der Waals surface area contributed by atoms with Gasteiger partial charge in [0.25, 0.3) is 0 Å². The number of nitrogens with zero attached hydrogens (tertiary/aromatic N) is 1. The highest BCUT2D eigenvalue weighted by Gasteiger charge is 2.31. The molecule has 2 rings (SSSR count). The lowest BCUT2D eigenvalue weighted by Gasteiger charge is -2.18. The number of benzene rings is 1. The molecule has 114 valence electrons. The SMILES string of the molecule is CCOc1ccc(N2C[C@@H](NC(=O)C(C)C)CC2=O)cc1. The maximum absolute atomic E-state index is 12.1. The van der Waals surface area contributed by atoms with Crippen molar-refractivity contribution >= 4 is 17.5 Å². The van der Waals surface area contributed by atoms with Crippen LogP contribution < -0.4 is 15.0 Å². The molecule has 1 atom stereocenters. The van der Waals surface area contributed by atoms with Crippen molar-refractivity contribution in [2.75, 3.05) is 18.1 Å². The van der Waals surface area contributed by atoms with E-state index in [0.717, 1.165) is 11.4 Å². The van der Waals surface area contributed by atoms with E-state index in [4.69, 9.17) is 4.74 Å². The Bertz CT molecular complexity index is 511. The fraction of sp³-hybridized carbons (Fsp3) is 0.500. The Hall–Kier alpha value is -2.04. The molecule has 0 spiro atoms. The Labute approximate surface area is 125 Å². The molecule has 5 nitrogen and oxygen atoms in total. The number of carbonyl (C=O) groups excluding carboxylic acids is 2. The molecule has 0 bridgehead atoms. The quantitative estimate of drug-likeness (QED) is 0.902. The number of nitrogens with one attached hydrogen (secondary N) is 1. The van der Waals surface area contributed by atoms with Crippen LogP contribution in [0.5, 0.6) is 5.75 Å². The molecule has 0 unspecified atom stereocenters. The number of hydrogen-bond acceptors (Lipinski definition) is 3. The molecule has 1 aliphatic rings. The summed E-state index contributed by atoms with van der Waals surface area (Å²) in [5.74, 6) is 0.742. The lowest BCUT2D eigenvalue weighted by Crippen LogP contribution is -2.39. The van der Waals surface area contributed by atoms with Gasteiger partial charge in [-0.1, -0.05) is 13.8 Å². The highest BCUT2D eigenvalue weighted by atomic mass is 16.5. The Balaban J connectivity index is 2.01. The topological polar surface area (TPSA) is 58.6 Å². The third-order valence-electron chi connectivity index (χ3n) is 3.46. The van der Waals surface area contributed by atoms with Gasteiger partial charge in [-0.05, 0) is 31.2 Å². The van der Waals surface area contributed by atoms with Gasteiger partial charge >= 0.3 is 0 Å². The second-order valence-electron chi connectivity index (χ2n) is 5.50. The van der Waals surface area contributed by atoms with Gasteiger partial charge in [0, 0.05) is 24.6 Å². The van der Waals surface area contributed by atoms with Gasteiger partial charge in [-0.15, -0.1) is 0 Å². The molecule has 0 aromatic heterocycles. The third-order valence-corrected chi connectivity index (χ3v) is 3.46. The van der Waals surface area contributed by atoms with E-state index in [0.29, 0.717) is 19.6 Å². The average molecular weight is 290 g/mol. The summed E-state index contributed by atoms with van der Waals surface area (Å²) in [6, 6.07) is 7.34. The first-order chi connectivity index (χ1) is 10.0. The predicted molar refractivity (Wildman–Crippen MR) is 81.3 cm³/mol. The van der Waals surface area contributed by atoms with Crippen molar-refractivity contribution in [3.05, 3.63) is 24.3 Å². The van der Waals surface area contributed by atoms with Crippen LogP contribution in [0.25, 0.3) is 0 Å². The van der Waals surface area contributed by atoms with Crippen molar-refractivity contribution in [3.63, 3.8) is 0 Å². The summed E-state index contributed by atoms with van der Waals surface area (Å²) in [5.41, 5.74) is 0.838. The van der Waals surface area contributed by atoms with E-state index in [2.05, 4.69) is 5.32 Å². The van der Waals surface area contributed by atoms with Crippen molar-refractivity contribution in [2.24, 2.45) is 5.92 Å². The van der Waals surface area contributed by atoms with Gasteiger partial charge in [0.15, 0.2) is 0 Å². The highest BCUT2D eigenvalue weighted by molar-refractivity contribution is 5.97. The molecule has 1 aromatic rings. The number of carbonyl (C=O) groups is 2. The number of amides is 2. The maximum Gasteiger partial charge on any atom is 0.229 e. The van der Waals surface area contributed by atoms with Crippen LogP contribution >= 0.6 is 0 Å². The monoisotopic (exact) mass is 290 g/mol. The second kappa shape index (κ2) is 6.61. The van der Waals surface area contributed by atoms with E-state index in [9.17, 15) is 9.59 Å². The van der Waals surface area contributed by atoms with Gasteiger partial charge in [0.2, 0.25) is 11.8 Å². The van der Waals surface area contributed by atoms with Gasteiger partial charge in [-0.25, -0.2) is 0 Å². The van der Waals surface area contributed by atoms with Gasteiger partial charge in [-0.2, -0.15) is 0 Å². The zero-order chi connectivity index (χ0) is 15.4. The fourth-order valence-electron chi connectivity index (χ4n) is 2.31. The zero-order valence-electron chi connectivity index (χ0n) is 12.8. The molecule has 1 aliphatic heterocycles. The molecule has 0 saturated carbocycles. The van der Waals surface area contributed by atoms with Gasteiger partial charge in [0.1, 0.15) is 5.75 Å². The first kappa shape index (κ1) is 15.4. The van der Waals surface area contributed by atoms with Crippen LogP contribution in [0, 0.1) is 5.92 Å². The molecule has 1 saturated heterocycles. The minimum Gasteiger partial charge on any atom is -0.494 e. The van der Waals surface area contributed by atoms with Crippen LogP contribution in [0.3, 0.4) is 0 Å². The molecule has 1 aromatic carbocycles. The molecule has 0 aliphatic carbocycles. The Morgan fingerprint density at radius 2 is 2.05 bits per heavy atom.